The van der Waals surface area contributed by atoms with Crippen LogP contribution in [0.4, 0.5) is 5.82 Å². The minimum absolute atomic E-state index is 0.132. The van der Waals surface area contributed by atoms with Gasteiger partial charge in [0.1, 0.15) is 5.82 Å². The van der Waals surface area contributed by atoms with Gasteiger partial charge in [0.25, 0.3) is 0 Å². The molecule has 1 rings (SSSR count). The van der Waals surface area contributed by atoms with Crippen LogP contribution in [-0.4, -0.2) is 40.7 Å². The van der Waals surface area contributed by atoms with E-state index in [1.807, 2.05) is 6.92 Å². The Hall–Kier alpha value is -1.83. The largest absolute Gasteiger partial charge is 0.466 e. The van der Waals surface area contributed by atoms with Crippen molar-refractivity contribution < 1.29 is 14.3 Å². The normalized spacial score (nSPS) is 10.2. The molecule has 0 aliphatic rings. The summed E-state index contributed by atoms with van der Waals surface area (Å²) in [6.07, 6.45) is 0.863. The van der Waals surface area contributed by atoms with E-state index in [1.165, 1.54) is 11.8 Å². The molecule has 0 atom stereocenters. The van der Waals surface area contributed by atoms with E-state index in [9.17, 15) is 9.59 Å². The fourth-order valence-corrected chi connectivity index (χ4v) is 2.24. The van der Waals surface area contributed by atoms with E-state index >= 15 is 0 Å². The number of carbonyl (C=O) groups excluding carboxylic acids is 2. The number of aryl methyl sites for hydroxylation is 1. The highest BCUT2D eigenvalue weighted by Crippen LogP contribution is 2.14. The van der Waals surface area contributed by atoms with E-state index in [0.29, 0.717) is 37.0 Å². The summed E-state index contributed by atoms with van der Waals surface area (Å²) in [5.41, 5.74) is 6.37. The average Bonchev–Trinajstić information content (AvgIpc) is 2.41. The summed E-state index contributed by atoms with van der Waals surface area (Å²) in [5.74, 6) is 0.222. The fourth-order valence-electron chi connectivity index (χ4n) is 1.50. The second kappa shape index (κ2) is 9.17. The van der Waals surface area contributed by atoms with Gasteiger partial charge in [0.2, 0.25) is 5.91 Å². The third kappa shape index (κ3) is 7.50. The Morgan fingerprint density at radius 2 is 2.19 bits per heavy atom. The maximum atomic E-state index is 11.6. The number of ether oxygens (including phenoxy) is 1. The molecule has 1 aromatic rings. The minimum atomic E-state index is -0.246. The molecule has 8 heteroatoms. The van der Waals surface area contributed by atoms with Crippen molar-refractivity contribution in [2.45, 2.75) is 31.8 Å². The van der Waals surface area contributed by atoms with Gasteiger partial charge in [0.15, 0.2) is 5.16 Å². The molecule has 0 saturated carbocycles. The van der Waals surface area contributed by atoms with Gasteiger partial charge < -0.3 is 15.8 Å². The zero-order chi connectivity index (χ0) is 15.7. The van der Waals surface area contributed by atoms with Crippen LogP contribution in [0.3, 0.4) is 0 Å². The van der Waals surface area contributed by atoms with E-state index in [0.717, 1.165) is 5.69 Å². The first-order valence-electron chi connectivity index (χ1n) is 6.67. The first kappa shape index (κ1) is 17.2. The second-order valence-electron chi connectivity index (χ2n) is 4.26. The standard InChI is InChI=1S/C13H20N4O3S/c1-3-20-12(19)5-4-6-15-11(18)8-21-13-16-9(2)7-10(14)17-13/h7H,3-6,8H2,1-2H3,(H,15,18)(H2,14,16,17). The Bertz CT molecular complexity index is 476. The summed E-state index contributed by atoms with van der Waals surface area (Å²) in [6, 6.07) is 1.67. The predicted octanol–water partition coefficient (Wildman–Crippen LogP) is 0.919. The summed E-state index contributed by atoms with van der Waals surface area (Å²) < 4.78 is 4.79. The predicted molar refractivity (Wildman–Crippen MR) is 80.8 cm³/mol. The zero-order valence-corrected chi connectivity index (χ0v) is 13.0. The smallest absolute Gasteiger partial charge is 0.305 e. The molecule has 7 nitrogen and oxygen atoms in total. The molecule has 0 unspecified atom stereocenters. The third-order valence-electron chi connectivity index (χ3n) is 2.37. The molecule has 0 fully saturated rings. The highest BCUT2D eigenvalue weighted by molar-refractivity contribution is 7.99. The Labute approximate surface area is 128 Å². The van der Waals surface area contributed by atoms with Crippen molar-refractivity contribution in [1.29, 1.82) is 0 Å². The van der Waals surface area contributed by atoms with Crippen LogP contribution >= 0.6 is 11.8 Å². The first-order valence-corrected chi connectivity index (χ1v) is 7.66. The lowest BCUT2D eigenvalue weighted by atomic mass is 10.3. The molecule has 3 N–H and O–H groups in total. The van der Waals surface area contributed by atoms with Gasteiger partial charge in [-0.3, -0.25) is 9.59 Å². The van der Waals surface area contributed by atoms with Gasteiger partial charge >= 0.3 is 5.97 Å². The summed E-state index contributed by atoms with van der Waals surface area (Å²) in [4.78, 5) is 30.9. The van der Waals surface area contributed by atoms with Crippen molar-refractivity contribution in [3.05, 3.63) is 11.8 Å². The number of anilines is 1. The van der Waals surface area contributed by atoms with Crippen LogP contribution in [0.5, 0.6) is 0 Å². The van der Waals surface area contributed by atoms with Gasteiger partial charge in [0, 0.05) is 24.7 Å². The Kier molecular flexibility index (Phi) is 7.52. The molecular weight excluding hydrogens is 292 g/mol. The molecule has 0 radical (unpaired) electrons. The number of nitrogens with one attached hydrogen (secondary N) is 1. The van der Waals surface area contributed by atoms with Crippen LogP contribution in [-0.2, 0) is 14.3 Å². The zero-order valence-electron chi connectivity index (χ0n) is 12.2. The summed E-state index contributed by atoms with van der Waals surface area (Å²) in [5, 5.41) is 3.21. The third-order valence-corrected chi connectivity index (χ3v) is 3.22. The molecule has 0 bridgehead atoms. The lowest BCUT2D eigenvalue weighted by Gasteiger charge is -2.05. The molecule has 1 amide bonds. The van der Waals surface area contributed by atoms with Crippen LogP contribution < -0.4 is 11.1 Å². The van der Waals surface area contributed by atoms with Crippen molar-refractivity contribution in [3.8, 4) is 0 Å². The topological polar surface area (TPSA) is 107 Å². The van der Waals surface area contributed by atoms with E-state index in [4.69, 9.17) is 10.5 Å². The number of nitrogen functional groups attached to an aromatic ring is 1. The first-order chi connectivity index (χ1) is 10.0. The monoisotopic (exact) mass is 312 g/mol. The molecule has 0 spiro atoms. The van der Waals surface area contributed by atoms with Gasteiger partial charge in [-0.15, -0.1) is 0 Å². The van der Waals surface area contributed by atoms with Crippen LogP contribution in [0.25, 0.3) is 0 Å². The lowest BCUT2D eigenvalue weighted by molar-refractivity contribution is -0.143. The highest BCUT2D eigenvalue weighted by atomic mass is 32.2. The number of esters is 1. The van der Waals surface area contributed by atoms with Crippen molar-refractivity contribution >= 4 is 29.5 Å². The van der Waals surface area contributed by atoms with Crippen LogP contribution in [0, 0.1) is 6.92 Å². The number of carbonyl (C=O) groups is 2. The molecule has 21 heavy (non-hydrogen) atoms. The van der Waals surface area contributed by atoms with Crippen LogP contribution in [0.1, 0.15) is 25.5 Å². The molecule has 1 aromatic heterocycles. The van der Waals surface area contributed by atoms with E-state index < -0.39 is 0 Å². The molecule has 0 aliphatic carbocycles. The quantitative estimate of drug-likeness (QED) is 0.318. The van der Waals surface area contributed by atoms with Gasteiger partial charge in [-0.2, -0.15) is 0 Å². The highest BCUT2D eigenvalue weighted by Gasteiger charge is 2.07. The number of aromatic nitrogens is 2. The van der Waals surface area contributed by atoms with Crippen LogP contribution in [0.15, 0.2) is 11.2 Å². The van der Waals surface area contributed by atoms with Gasteiger partial charge in [0.05, 0.1) is 12.4 Å². The number of amides is 1. The average molecular weight is 312 g/mol. The Morgan fingerprint density at radius 1 is 1.43 bits per heavy atom. The van der Waals surface area contributed by atoms with Crippen molar-refractivity contribution in [2.75, 3.05) is 24.6 Å². The van der Waals surface area contributed by atoms with Gasteiger partial charge in [-0.05, 0) is 20.3 Å². The Morgan fingerprint density at radius 3 is 2.86 bits per heavy atom. The van der Waals surface area contributed by atoms with Crippen molar-refractivity contribution in [1.82, 2.24) is 15.3 Å². The van der Waals surface area contributed by atoms with Gasteiger partial charge in [-0.25, -0.2) is 9.97 Å². The van der Waals surface area contributed by atoms with Crippen LogP contribution in [0.2, 0.25) is 0 Å². The van der Waals surface area contributed by atoms with E-state index in [2.05, 4.69) is 15.3 Å². The maximum Gasteiger partial charge on any atom is 0.305 e. The molecule has 0 saturated heterocycles. The number of hydrogen-bond donors (Lipinski definition) is 2. The van der Waals surface area contributed by atoms with Crippen molar-refractivity contribution in [3.63, 3.8) is 0 Å². The lowest BCUT2D eigenvalue weighted by Crippen LogP contribution is -2.26. The summed E-state index contributed by atoms with van der Waals surface area (Å²) in [6.45, 7) is 4.39. The summed E-state index contributed by atoms with van der Waals surface area (Å²) in [7, 11) is 0. The number of rotatable bonds is 8. The minimum Gasteiger partial charge on any atom is -0.466 e. The molecule has 0 aromatic carbocycles. The SMILES string of the molecule is CCOC(=O)CCCNC(=O)CSc1nc(C)cc(N)n1. The number of hydrogen-bond acceptors (Lipinski definition) is 7. The molecular formula is C13H20N4O3S. The summed E-state index contributed by atoms with van der Waals surface area (Å²) >= 11 is 1.22. The number of thioether (sulfide) groups is 1. The number of nitrogens with zero attached hydrogens (tertiary/aromatic N) is 2. The van der Waals surface area contributed by atoms with E-state index in [1.54, 1.807) is 13.0 Å². The molecule has 116 valence electrons. The van der Waals surface area contributed by atoms with E-state index in [-0.39, 0.29) is 17.6 Å². The van der Waals surface area contributed by atoms with Crippen molar-refractivity contribution in [2.24, 2.45) is 0 Å². The van der Waals surface area contributed by atoms with Gasteiger partial charge in [-0.1, -0.05) is 11.8 Å². The number of nitrogens with two attached hydrogens (primary N) is 1. The molecule has 1 heterocycles. The fraction of sp³-hybridized carbons (Fsp3) is 0.538. The second-order valence-corrected chi connectivity index (χ2v) is 5.21. The maximum absolute atomic E-state index is 11.6. The Balaban J connectivity index is 2.20. The molecule has 0 aliphatic heterocycles.